The molecule has 2 amide bonds. The molecule has 208 valence electrons. The van der Waals surface area contributed by atoms with Crippen molar-refractivity contribution in [1.29, 1.82) is 0 Å². The highest BCUT2D eigenvalue weighted by molar-refractivity contribution is 7.89. The standard InChI is InChI=1S/C21H17Cl2F6N3O5S/c1-37-17-5-2-13(22)7-12(17)6-11(9-30-18(33)20(24,25)26)10-31-38(35,36)14-3-4-15(23)16(8-14)32-19(34)21(27,28)29/h2-8,31H,9-10H2,1H3,(H,30,33)(H,32,34)/b11-6+. The summed E-state index contributed by atoms with van der Waals surface area (Å²) in [4.78, 5) is 21.9. The van der Waals surface area contributed by atoms with E-state index < -0.39 is 62.9 Å². The zero-order chi connectivity index (χ0) is 28.9. The molecule has 0 fully saturated rings. The van der Waals surface area contributed by atoms with Crippen LogP contribution in [0.4, 0.5) is 32.0 Å². The first-order valence-corrected chi connectivity index (χ1v) is 12.2. The second-order valence-electron chi connectivity index (χ2n) is 7.29. The second-order valence-corrected chi connectivity index (χ2v) is 9.90. The van der Waals surface area contributed by atoms with E-state index in [2.05, 4.69) is 4.72 Å². The van der Waals surface area contributed by atoms with Gasteiger partial charge in [-0.25, -0.2) is 13.1 Å². The fourth-order valence-corrected chi connectivity index (χ4v) is 4.14. The van der Waals surface area contributed by atoms with Crippen molar-refractivity contribution in [2.45, 2.75) is 17.2 Å². The lowest BCUT2D eigenvalue weighted by atomic mass is 10.1. The maximum atomic E-state index is 12.8. The summed E-state index contributed by atoms with van der Waals surface area (Å²) in [5.74, 6) is -4.46. The number of benzene rings is 2. The van der Waals surface area contributed by atoms with Gasteiger partial charge in [0.2, 0.25) is 10.0 Å². The van der Waals surface area contributed by atoms with Crippen LogP contribution in [0.5, 0.6) is 5.75 Å². The van der Waals surface area contributed by atoms with Crippen molar-refractivity contribution < 1.29 is 49.1 Å². The molecule has 0 unspecified atom stereocenters. The van der Waals surface area contributed by atoms with Gasteiger partial charge < -0.3 is 15.4 Å². The maximum Gasteiger partial charge on any atom is 0.471 e. The van der Waals surface area contributed by atoms with Crippen molar-refractivity contribution in [3.63, 3.8) is 0 Å². The Kier molecular flexibility index (Phi) is 10.0. The van der Waals surface area contributed by atoms with Crippen molar-refractivity contribution in [2.75, 3.05) is 25.5 Å². The first-order chi connectivity index (χ1) is 17.4. The summed E-state index contributed by atoms with van der Waals surface area (Å²) in [7, 11) is -3.23. The van der Waals surface area contributed by atoms with Gasteiger partial charge in [0.25, 0.3) is 0 Å². The zero-order valence-electron chi connectivity index (χ0n) is 18.9. The number of alkyl halides is 6. The highest BCUT2D eigenvalue weighted by Gasteiger charge is 2.39. The number of nitrogens with one attached hydrogen (secondary N) is 3. The molecule has 2 aromatic rings. The lowest BCUT2D eigenvalue weighted by Gasteiger charge is -2.15. The topological polar surface area (TPSA) is 114 Å². The molecule has 0 aliphatic rings. The van der Waals surface area contributed by atoms with E-state index in [1.54, 1.807) is 5.32 Å². The molecule has 0 saturated carbocycles. The second kappa shape index (κ2) is 12.2. The SMILES string of the molecule is COc1ccc(Cl)cc1/C=C(\CNC(=O)C(F)(F)F)CNS(=O)(=O)c1ccc(Cl)c(NC(=O)C(F)(F)F)c1. The zero-order valence-corrected chi connectivity index (χ0v) is 21.3. The molecule has 0 spiro atoms. The highest BCUT2D eigenvalue weighted by atomic mass is 35.5. The number of rotatable bonds is 9. The van der Waals surface area contributed by atoms with Crippen molar-refractivity contribution in [3.05, 3.63) is 57.6 Å². The molecule has 17 heteroatoms. The number of methoxy groups -OCH3 is 1. The predicted molar refractivity (Wildman–Crippen MR) is 126 cm³/mol. The lowest BCUT2D eigenvalue weighted by Crippen LogP contribution is -2.39. The number of hydrogen-bond acceptors (Lipinski definition) is 5. The third-order valence-corrected chi connectivity index (χ3v) is 6.49. The number of hydrogen-bond donors (Lipinski definition) is 3. The Bertz CT molecular complexity index is 1350. The minimum absolute atomic E-state index is 0.0914. The summed E-state index contributed by atoms with van der Waals surface area (Å²) in [5, 5.41) is 2.87. The monoisotopic (exact) mass is 607 g/mol. The summed E-state index contributed by atoms with van der Waals surface area (Å²) in [6.45, 7) is -1.42. The normalized spacial score (nSPS) is 12.7. The summed E-state index contributed by atoms with van der Waals surface area (Å²) in [5.41, 5.74) is -0.515. The van der Waals surface area contributed by atoms with Gasteiger partial charge in [-0.2, -0.15) is 26.3 Å². The Labute approximate surface area is 222 Å². The molecular formula is C21H17Cl2F6N3O5S. The Balaban J connectivity index is 2.36. The summed E-state index contributed by atoms with van der Waals surface area (Å²) >= 11 is 11.7. The van der Waals surface area contributed by atoms with Crippen LogP contribution in [-0.4, -0.2) is 52.8 Å². The number of carbonyl (C=O) groups is 2. The van der Waals surface area contributed by atoms with Gasteiger partial charge >= 0.3 is 24.2 Å². The van der Waals surface area contributed by atoms with E-state index in [0.717, 1.165) is 12.1 Å². The van der Waals surface area contributed by atoms with Crippen LogP contribution in [0.15, 0.2) is 46.9 Å². The average Bonchev–Trinajstić information content (AvgIpc) is 2.80. The number of anilines is 1. The van der Waals surface area contributed by atoms with Crippen LogP contribution in [0.25, 0.3) is 6.08 Å². The average molecular weight is 608 g/mol. The van der Waals surface area contributed by atoms with E-state index in [1.165, 1.54) is 36.7 Å². The minimum atomic E-state index is -5.28. The maximum absolute atomic E-state index is 12.8. The van der Waals surface area contributed by atoms with Crippen LogP contribution in [0.1, 0.15) is 5.56 Å². The molecule has 8 nitrogen and oxygen atoms in total. The number of amides is 2. The van der Waals surface area contributed by atoms with Crippen LogP contribution in [0.2, 0.25) is 10.0 Å². The number of ether oxygens (including phenoxy) is 1. The molecule has 0 heterocycles. The third-order valence-electron chi connectivity index (χ3n) is 4.53. The Hall–Kier alpha value is -3.01. The van der Waals surface area contributed by atoms with E-state index in [-0.39, 0.29) is 21.9 Å². The molecule has 0 radical (unpaired) electrons. The molecule has 0 saturated heterocycles. The van der Waals surface area contributed by atoms with Gasteiger partial charge in [-0.05, 0) is 48.0 Å². The van der Waals surface area contributed by atoms with Gasteiger partial charge in [-0.3, -0.25) is 9.59 Å². The molecule has 2 rings (SSSR count). The van der Waals surface area contributed by atoms with E-state index in [4.69, 9.17) is 27.9 Å². The Morgan fingerprint density at radius 1 is 0.947 bits per heavy atom. The molecule has 3 N–H and O–H groups in total. The van der Waals surface area contributed by atoms with E-state index in [1.807, 2.05) is 0 Å². The Morgan fingerprint density at radius 3 is 2.16 bits per heavy atom. The van der Waals surface area contributed by atoms with E-state index in [9.17, 15) is 44.3 Å². The molecule has 0 aliphatic heterocycles. The van der Waals surface area contributed by atoms with Gasteiger partial charge in [0, 0.05) is 23.7 Å². The molecular weight excluding hydrogens is 591 g/mol. The molecule has 0 atom stereocenters. The minimum Gasteiger partial charge on any atom is -0.496 e. The fourth-order valence-electron chi connectivity index (χ4n) is 2.73. The van der Waals surface area contributed by atoms with E-state index >= 15 is 0 Å². The van der Waals surface area contributed by atoms with Gasteiger partial charge in [0.15, 0.2) is 0 Å². The summed E-state index contributed by atoms with van der Waals surface area (Å²) in [6, 6.07) is 6.76. The van der Waals surface area contributed by atoms with Crippen molar-refractivity contribution in [2.24, 2.45) is 0 Å². The first kappa shape index (κ1) is 31.2. The highest BCUT2D eigenvalue weighted by Crippen LogP contribution is 2.28. The molecule has 38 heavy (non-hydrogen) atoms. The van der Waals surface area contributed by atoms with Crippen LogP contribution < -0.4 is 20.1 Å². The predicted octanol–water partition coefficient (Wildman–Crippen LogP) is 4.54. The van der Waals surface area contributed by atoms with Gasteiger partial charge in [0.1, 0.15) is 5.75 Å². The summed E-state index contributed by atoms with van der Waals surface area (Å²) in [6.07, 6.45) is -9.27. The Morgan fingerprint density at radius 2 is 1.58 bits per heavy atom. The third kappa shape index (κ3) is 8.79. The fraction of sp³-hybridized carbons (Fsp3) is 0.238. The van der Waals surface area contributed by atoms with Crippen molar-refractivity contribution in [1.82, 2.24) is 10.0 Å². The van der Waals surface area contributed by atoms with Gasteiger partial charge in [-0.1, -0.05) is 23.2 Å². The molecule has 0 aromatic heterocycles. The van der Waals surface area contributed by atoms with Crippen molar-refractivity contribution in [3.8, 4) is 5.75 Å². The van der Waals surface area contributed by atoms with Gasteiger partial charge in [-0.15, -0.1) is 0 Å². The summed E-state index contributed by atoms with van der Waals surface area (Å²) < 4.78 is 108. The quantitative estimate of drug-likeness (QED) is 0.362. The number of halogens is 8. The number of carbonyl (C=O) groups excluding carboxylic acids is 2. The van der Waals surface area contributed by atoms with Crippen LogP contribution in [0.3, 0.4) is 0 Å². The largest absolute Gasteiger partial charge is 0.496 e. The molecule has 2 aromatic carbocycles. The van der Waals surface area contributed by atoms with Crippen LogP contribution in [-0.2, 0) is 19.6 Å². The smallest absolute Gasteiger partial charge is 0.471 e. The lowest BCUT2D eigenvalue weighted by molar-refractivity contribution is -0.173. The number of sulfonamides is 1. The van der Waals surface area contributed by atoms with Crippen LogP contribution >= 0.6 is 23.2 Å². The van der Waals surface area contributed by atoms with E-state index in [0.29, 0.717) is 6.07 Å². The molecule has 0 aliphatic carbocycles. The first-order valence-electron chi connectivity index (χ1n) is 9.99. The molecule has 0 bridgehead atoms. The van der Waals surface area contributed by atoms with Crippen LogP contribution in [0, 0.1) is 0 Å². The van der Waals surface area contributed by atoms with Crippen molar-refractivity contribution >= 4 is 56.8 Å². The van der Waals surface area contributed by atoms with Gasteiger partial charge in [0.05, 0.1) is 22.7 Å².